The van der Waals surface area contributed by atoms with E-state index in [1.54, 1.807) is 11.3 Å². The highest BCUT2D eigenvalue weighted by molar-refractivity contribution is 7.07. The van der Waals surface area contributed by atoms with E-state index in [-0.39, 0.29) is 0 Å². The maximum absolute atomic E-state index is 8.64. The minimum atomic E-state index is 0.338. The lowest BCUT2D eigenvalue weighted by Gasteiger charge is -2.15. The van der Waals surface area contributed by atoms with Crippen molar-refractivity contribution in [3.05, 3.63) is 22.4 Å². The van der Waals surface area contributed by atoms with E-state index in [1.165, 1.54) is 18.4 Å². The van der Waals surface area contributed by atoms with Crippen LogP contribution in [0.15, 0.2) is 16.8 Å². The molecule has 0 aliphatic carbocycles. The lowest BCUT2D eigenvalue weighted by Crippen LogP contribution is -2.18. The molecule has 3 heteroatoms. The van der Waals surface area contributed by atoms with Crippen molar-refractivity contribution in [2.45, 2.75) is 32.2 Å². The molecule has 0 aliphatic rings. The summed E-state index contributed by atoms with van der Waals surface area (Å²) in [5, 5.41) is 13.0. The molecular weight excluding hydrogens is 206 g/mol. The maximum Gasteiger partial charge on any atom is 0.0431 e. The zero-order chi connectivity index (χ0) is 10.9. The van der Waals surface area contributed by atoms with Gasteiger partial charge in [-0.3, -0.25) is 0 Å². The van der Waals surface area contributed by atoms with Crippen molar-refractivity contribution in [3.8, 4) is 0 Å². The molecule has 0 spiro atoms. The van der Waals surface area contributed by atoms with Gasteiger partial charge in [-0.05, 0) is 48.8 Å². The van der Waals surface area contributed by atoms with Crippen LogP contribution < -0.4 is 0 Å². The summed E-state index contributed by atoms with van der Waals surface area (Å²) in [4.78, 5) is 2.36. The number of aliphatic hydroxyl groups is 1. The lowest BCUT2D eigenvalue weighted by molar-refractivity contribution is 0.277. The number of rotatable bonds is 8. The van der Waals surface area contributed by atoms with Crippen LogP contribution in [0.25, 0.3) is 0 Å². The van der Waals surface area contributed by atoms with Crippen LogP contribution in [-0.2, 0) is 6.54 Å². The van der Waals surface area contributed by atoms with Crippen LogP contribution in [-0.4, -0.2) is 30.2 Å². The van der Waals surface area contributed by atoms with Gasteiger partial charge in [-0.2, -0.15) is 11.3 Å². The molecule has 0 saturated carbocycles. The molecule has 0 atom stereocenters. The Hall–Kier alpha value is -0.380. The number of thiophene rings is 1. The molecule has 86 valence electrons. The summed E-state index contributed by atoms with van der Waals surface area (Å²) in [7, 11) is 2.17. The highest BCUT2D eigenvalue weighted by Gasteiger charge is 2.00. The Morgan fingerprint density at radius 1 is 1.27 bits per heavy atom. The van der Waals surface area contributed by atoms with Crippen LogP contribution in [0.4, 0.5) is 0 Å². The van der Waals surface area contributed by atoms with E-state index < -0.39 is 0 Å². The Labute approximate surface area is 96.5 Å². The number of nitrogens with zero attached hydrogens (tertiary/aromatic N) is 1. The highest BCUT2D eigenvalue weighted by Crippen LogP contribution is 2.09. The van der Waals surface area contributed by atoms with Gasteiger partial charge in [0.25, 0.3) is 0 Å². The van der Waals surface area contributed by atoms with Gasteiger partial charge < -0.3 is 10.0 Å². The lowest BCUT2D eigenvalue weighted by atomic mass is 10.2. The van der Waals surface area contributed by atoms with E-state index in [0.717, 1.165) is 25.9 Å². The van der Waals surface area contributed by atoms with Crippen LogP contribution in [0.2, 0.25) is 0 Å². The fourth-order valence-corrected chi connectivity index (χ4v) is 2.28. The first-order chi connectivity index (χ1) is 7.33. The van der Waals surface area contributed by atoms with Gasteiger partial charge in [0.2, 0.25) is 0 Å². The molecular formula is C12H21NOS. The van der Waals surface area contributed by atoms with Crippen molar-refractivity contribution in [2.75, 3.05) is 20.2 Å². The molecule has 1 N–H and O–H groups in total. The van der Waals surface area contributed by atoms with Crippen LogP contribution in [0.1, 0.15) is 31.2 Å². The minimum absolute atomic E-state index is 0.338. The topological polar surface area (TPSA) is 23.5 Å². The van der Waals surface area contributed by atoms with Crippen molar-refractivity contribution in [3.63, 3.8) is 0 Å². The van der Waals surface area contributed by atoms with Gasteiger partial charge in [-0.15, -0.1) is 0 Å². The van der Waals surface area contributed by atoms with Gasteiger partial charge in [-0.25, -0.2) is 0 Å². The second kappa shape index (κ2) is 7.85. The van der Waals surface area contributed by atoms with Gasteiger partial charge >= 0.3 is 0 Å². The predicted octanol–water partition coefficient (Wildman–Crippen LogP) is 2.73. The van der Waals surface area contributed by atoms with Gasteiger partial charge in [0.05, 0.1) is 0 Å². The van der Waals surface area contributed by atoms with Crippen LogP contribution in [0, 0.1) is 0 Å². The Morgan fingerprint density at radius 3 is 2.73 bits per heavy atom. The zero-order valence-corrected chi connectivity index (χ0v) is 10.3. The molecule has 2 nitrogen and oxygen atoms in total. The number of hydrogen-bond acceptors (Lipinski definition) is 3. The third-order valence-electron chi connectivity index (χ3n) is 2.48. The summed E-state index contributed by atoms with van der Waals surface area (Å²) >= 11 is 1.76. The molecule has 15 heavy (non-hydrogen) atoms. The van der Waals surface area contributed by atoms with Gasteiger partial charge in [0.15, 0.2) is 0 Å². The first-order valence-corrected chi connectivity index (χ1v) is 6.57. The third kappa shape index (κ3) is 5.92. The van der Waals surface area contributed by atoms with Crippen LogP contribution in [0.3, 0.4) is 0 Å². The Bertz CT molecular complexity index is 236. The summed E-state index contributed by atoms with van der Waals surface area (Å²) in [6, 6.07) is 2.19. The molecule has 0 saturated heterocycles. The predicted molar refractivity (Wildman–Crippen MR) is 66.2 cm³/mol. The fraction of sp³-hybridized carbons (Fsp3) is 0.667. The summed E-state index contributed by atoms with van der Waals surface area (Å²) in [6.07, 6.45) is 4.58. The SMILES string of the molecule is CN(CCCCCCO)Cc1ccsc1. The summed E-state index contributed by atoms with van der Waals surface area (Å²) in [6.45, 7) is 2.55. The fourth-order valence-electron chi connectivity index (χ4n) is 1.62. The van der Waals surface area contributed by atoms with Crippen molar-refractivity contribution in [1.29, 1.82) is 0 Å². The second-order valence-corrected chi connectivity index (χ2v) is 4.79. The van der Waals surface area contributed by atoms with E-state index in [9.17, 15) is 0 Å². The van der Waals surface area contributed by atoms with Crippen molar-refractivity contribution in [2.24, 2.45) is 0 Å². The third-order valence-corrected chi connectivity index (χ3v) is 3.21. The van der Waals surface area contributed by atoms with E-state index in [1.807, 2.05) is 0 Å². The van der Waals surface area contributed by atoms with E-state index in [4.69, 9.17) is 5.11 Å². The van der Waals surface area contributed by atoms with Crippen molar-refractivity contribution < 1.29 is 5.11 Å². The smallest absolute Gasteiger partial charge is 0.0431 e. The minimum Gasteiger partial charge on any atom is -0.396 e. The summed E-state index contributed by atoms with van der Waals surface area (Å²) < 4.78 is 0. The number of aliphatic hydroxyl groups excluding tert-OH is 1. The highest BCUT2D eigenvalue weighted by atomic mass is 32.1. The molecule has 1 aromatic rings. The van der Waals surface area contributed by atoms with Crippen molar-refractivity contribution in [1.82, 2.24) is 4.90 Å². The Balaban J connectivity index is 2.01. The zero-order valence-electron chi connectivity index (χ0n) is 9.48. The summed E-state index contributed by atoms with van der Waals surface area (Å²) in [5.41, 5.74) is 1.41. The molecule has 0 amide bonds. The molecule has 0 bridgehead atoms. The largest absolute Gasteiger partial charge is 0.396 e. The number of hydrogen-bond donors (Lipinski definition) is 1. The second-order valence-electron chi connectivity index (χ2n) is 4.01. The Morgan fingerprint density at radius 2 is 2.07 bits per heavy atom. The van der Waals surface area contributed by atoms with Crippen LogP contribution in [0.5, 0.6) is 0 Å². The number of unbranched alkanes of at least 4 members (excludes halogenated alkanes) is 3. The van der Waals surface area contributed by atoms with E-state index in [0.29, 0.717) is 6.61 Å². The van der Waals surface area contributed by atoms with E-state index in [2.05, 4.69) is 28.8 Å². The molecule has 0 unspecified atom stereocenters. The molecule has 1 heterocycles. The molecule has 0 radical (unpaired) electrons. The average Bonchev–Trinajstić information content (AvgIpc) is 2.70. The first kappa shape index (κ1) is 12.7. The molecule has 1 rings (SSSR count). The quantitative estimate of drug-likeness (QED) is 0.690. The van der Waals surface area contributed by atoms with Gasteiger partial charge in [-0.1, -0.05) is 12.8 Å². The van der Waals surface area contributed by atoms with Gasteiger partial charge in [0, 0.05) is 13.2 Å². The van der Waals surface area contributed by atoms with Gasteiger partial charge in [0.1, 0.15) is 0 Å². The van der Waals surface area contributed by atoms with Crippen LogP contribution >= 0.6 is 11.3 Å². The Kier molecular flexibility index (Phi) is 6.64. The van der Waals surface area contributed by atoms with Crippen molar-refractivity contribution >= 4 is 11.3 Å². The normalized spacial score (nSPS) is 11.1. The maximum atomic E-state index is 8.64. The monoisotopic (exact) mass is 227 g/mol. The molecule has 0 aliphatic heterocycles. The molecule has 1 aromatic heterocycles. The summed E-state index contributed by atoms with van der Waals surface area (Å²) in [5.74, 6) is 0. The van der Waals surface area contributed by atoms with E-state index >= 15 is 0 Å². The molecule has 0 aromatic carbocycles. The molecule has 0 fully saturated rings. The first-order valence-electron chi connectivity index (χ1n) is 5.63. The average molecular weight is 227 g/mol. The standard InChI is InChI=1S/C12H21NOS/c1-13(7-4-2-3-5-8-14)10-12-6-9-15-11-12/h6,9,11,14H,2-5,7-8,10H2,1H3.